The number of hydrogen-bond donors (Lipinski definition) is 1. The minimum Gasteiger partial charge on any atom is -0.315 e. The first-order valence-electron chi connectivity index (χ1n) is 6.67. The third-order valence-electron chi connectivity index (χ3n) is 4.44. The van der Waals surface area contributed by atoms with E-state index in [1.54, 1.807) is 0 Å². The average molecular weight is 331 g/mol. The highest BCUT2D eigenvalue weighted by molar-refractivity contribution is 9.10. The third kappa shape index (κ3) is 2.67. The number of halogens is 1. The average Bonchev–Trinajstić information content (AvgIpc) is 2.96. The maximum absolute atomic E-state index is 3.66. The summed E-state index contributed by atoms with van der Waals surface area (Å²) in [5.41, 5.74) is 0.332. The smallest absolute Gasteiger partial charge is 0.0359 e. The van der Waals surface area contributed by atoms with Gasteiger partial charge in [-0.1, -0.05) is 12.8 Å². The molecule has 4 heteroatoms. The summed E-state index contributed by atoms with van der Waals surface area (Å²) < 4.78 is 1.26. The van der Waals surface area contributed by atoms with Gasteiger partial charge in [-0.3, -0.25) is 0 Å². The number of thiophene rings is 1. The van der Waals surface area contributed by atoms with Crippen LogP contribution in [0.3, 0.4) is 0 Å². The van der Waals surface area contributed by atoms with Crippen molar-refractivity contribution in [2.45, 2.75) is 43.7 Å². The van der Waals surface area contributed by atoms with Crippen molar-refractivity contribution in [3.8, 4) is 0 Å². The van der Waals surface area contributed by atoms with Crippen LogP contribution in [0.2, 0.25) is 0 Å². The predicted octanol–water partition coefficient (Wildman–Crippen LogP) is 3.52. The molecule has 1 N–H and O–H groups in total. The lowest BCUT2D eigenvalue weighted by Crippen LogP contribution is -2.57. The van der Waals surface area contributed by atoms with Gasteiger partial charge in [0.05, 0.1) is 0 Å². The van der Waals surface area contributed by atoms with Gasteiger partial charge in [0.2, 0.25) is 0 Å². The van der Waals surface area contributed by atoms with Gasteiger partial charge in [0.1, 0.15) is 0 Å². The molecular formula is C14H23BrN2S. The zero-order valence-corrected chi connectivity index (χ0v) is 13.9. The molecule has 18 heavy (non-hydrogen) atoms. The number of hydrogen-bond acceptors (Lipinski definition) is 3. The van der Waals surface area contributed by atoms with Gasteiger partial charge in [0.25, 0.3) is 0 Å². The second kappa shape index (κ2) is 6.04. The Labute approximate surface area is 123 Å². The minimum atomic E-state index is 0.332. The molecule has 1 unspecified atom stereocenters. The number of nitrogens with one attached hydrogen (secondary N) is 1. The van der Waals surface area contributed by atoms with Crippen LogP contribution >= 0.6 is 27.3 Å². The highest BCUT2D eigenvalue weighted by atomic mass is 79.9. The summed E-state index contributed by atoms with van der Waals surface area (Å²) in [5, 5.41) is 5.75. The normalized spacial score (nSPS) is 20.5. The van der Waals surface area contributed by atoms with Gasteiger partial charge in [-0.25, -0.2) is 0 Å². The van der Waals surface area contributed by atoms with Crippen molar-refractivity contribution in [1.82, 2.24) is 10.2 Å². The Kier molecular flexibility index (Phi) is 4.86. The van der Waals surface area contributed by atoms with Crippen LogP contribution in [0.25, 0.3) is 0 Å². The molecule has 1 aromatic heterocycles. The molecule has 0 bridgehead atoms. The van der Waals surface area contributed by atoms with Crippen molar-refractivity contribution in [2.24, 2.45) is 0 Å². The van der Waals surface area contributed by atoms with Gasteiger partial charge >= 0.3 is 0 Å². The summed E-state index contributed by atoms with van der Waals surface area (Å²) in [6.45, 7) is 0. The van der Waals surface area contributed by atoms with Gasteiger partial charge in [-0.2, -0.15) is 0 Å². The van der Waals surface area contributed by atoms with Gasteiger partial charge < -0.3 is 10.2 Å². The topological polar surface area (TPSA) is 15.3 Å². The Balaban J connectivity index is 2.19. The second-order valence-electron chi connectivity index (χ2n) is 5.44. The fraction of sp³-hybridized carbons (Fsp3) is 0.714. The minimum absolute atomic E-state index is 0.332. The fourth-order valence-electron chi connectivity index (χ4n) is 3.31. The molecule has 1 aliphatic rings. The van der Waals surface area contributed by atoms with E-state index in [1.807, 2.05) is 11.3 Å². The van der Waals surface area contributed by atoms with E-state index >= 15 is 0 Å². The standard InChI is InChI=1S/C14H23BrN2S/c1-16-13(10-12-11(15)6-9-18-12)14(17(2)3)7-4-5-8-14/h6,9,13,16H,4-5,7-8,10H2,1-3H3. The lowest BCUT2D eigenvalue weighted by Gasteiger charge is -2.43. The quantitative estimate of drug-likeness (QED) is 0.888. The largest absolute Gasteiger partial charge is 0.315 e. The summed E-state index contributed by atoms with van der Waals surface area (Å²) in [4.78, 5) is 3.91. The molecule has 0 saturated heterocycles. The van der Waals surface area contributed by atoms with E-state index in [-0.39, 0.29) is 0 Å². The van der Waals surface area contributed by atoms with E-state index in [4.69, 9.17) is 0 Å². The highest BCUT2D eigenvalue weighted by Crippen LogP contribution is 2.38. The molecule has 0 aromatic carbocycles. The Hall–Kier alpha value is 0.1000. The number of rotatable bonds is 5. The molecule has 1 saturated carbocycles. The van der Waals surface area contributed by atoms with Crippen LogP contribution in [0.1, 0.15) is 30.6 Å². The Morgan fingerprint density at radius 3 is 2.56 bits per heavy atom. The molecule has 0 spiro atoms. The van der Waals surface area contributed by atoms with Gasteiger partial charge in [-0.15, -0.1) is 11.3 Å². The summed E-state index contributed by atoms with van der Waals surface area (Å²) >= 11 is 5.51. The van der Waals surface area contributed by atoms with Gasteiger partial charge in [-0.05, 0) is 67.8 Å². The van der Waals surface area contributed by atoms with Gasteiger partial charge in [0.15, 0.2) is 0 Å². The zero-order chi connectivity index (χ0) is 13.2. The van der Waals surface area contributed by atoms with E-state index in [0.717, 1.165) is 6.42 Å². The van der Waals surface area contributed by atoms with Crippen LogP contribution in [-0.2, 0) is 6.42 Å². The Morgan fingerprint density at radius 1 is 1.44 bits per heavy atom. The van der Waals surface area contributed by atoms with Crippen molar-refractivity contribution in [3.63, 3.8) is 0 Å². The molecule has 2 nitrogen and oxygen atoms in total. The number of likely N-dealkylation sites (N-methyl/N-ethyl adjacent to an activating group) is 2. The fourth-order valence-corrected chi connectivity index (χ4v) is 4.87. The van der Waals surface area contributed by atoms with Crippen LogP contribution in [0.15, 0.2) is 15.9 Å². The maximum Gasteiger partial charge on any atom is 0.0359 e. The summed E-state index contributed by atoms with van der Waals surface area (Å²) in [6, 6.07) is 2.69. The van der Waals surface area contributed by atoms with Crippen molar-refractivity contribution < 1.29 is 0 Å². The number of nitrogens with zero attached hydrogens (tertiary/aromatic N) is 1. The van der Waals surface area contributed by atoms with Gasteiger partial charge in [0, 0.05) is 20.9 Å². The second-order valence-corrected chi connectivity index (χ2v) is 7.30. The van der Waals surface area contributed by atoms with E-state index in [9.17, 15) is 0 Å². The van der Waals surface area contributed by atoms with Crippen molar-refractivity contribution in [2.75, 3.05) is 21.1 Å². The molecule has 1 atom stereocenters. The Bertz CT molecular complexity index is 383. The first kappa shape index (κ1) is 14.5. The molecule has 1 fully saturated rings. The molecule has 2 rings (SSSR count). The lowest BCUT2D eigenvalue weighted by molar-refractivity contribution is 0.108. The zero-order valence-electron chi connectivity index (χ0n) is 11.5. The summed E-state index contributed by atoms with van der Waals surface area (Å²) in [6.07, 6.45) is 6.47. The molecular weight excluding hydrogens is 308 g/mol. The van der Waals surface area contributed by atoms with Crippen LogP contribution in [0.4, 0.5) is 0 Å². The van der Waals surface area contributed by atoms with E-state index in [0.29, 0.717) is 11.6 Å². The molecule has 0 amide bonds. The van der Waals surface area contributed by atoms with Crippen molar-refractivity contribution in [3.05, 3.63) is 20.8 Å². The highest BCUT2D eigenvalue weighted by Gasteiger charge is 2.42. The van der Waals surface area contributed by atoms with E-state index < -0.39 is 0 Å². The maximum atomic E-state index is 3.66. The van der Waals surface area contributed by atoms with Crippen LogP contribution in [-0.4, -0.2) is 37.6 Å². The van der Waals surface area contributed by atoms with E-state index in [2.05, 4.69) is 58.7 Å². The van der Waals surface area contributed by atoms with E-state index in [1.165, 1.54) is 35.0 Å². The molecule has 1 aromatic rings. The van der Waals surface area contributed by atoms with Crippen LogP contribution < -0.4 is 5.32 Å². The predicted molar refractivity (Wildman–Crippen MR) is 83.5 cm³/mol. The van der Waals surface area contributed by atoms with Crippen molar-refractivity contribution in [1.29, 1.82) is 0 Å². The molecule has 0 radical (unpaired) electrons. The monoisotopic (exact) mass is 330 g/mol. The summed E-state index contributed by atoms with van der Waals surface area (Å²) in [5.74, 6) is 0. The molecule has 102 valence electrons. The van der Waals surface area contributed by atoms with Crippen LogP contribution in [0, 0.1) is 0 Å². The SMILES string of the molecule is CNC(Cc1sccc1Br)C1(N(C)C)CCCC1. The third-order valence-corrected chi connectivity index (χ3v) is 6.39. The van der Waals surface area contributed by atoms with Crippen molar-refractivity contribution >= 4 is 27.3 Å². The first-order chi connectivity index (χ1) is 8.60. The first-order valence-corrected chi connectivity index (χ1v) is 8.34. The molecule has 1 heterocycles. The molecule has 0 aliphatic heterocycles. The summed E-state index contributed by atoms with van der Waals surface area (Å²) in [7, 11) is 6.58. The molecule has 1 aliphatic carbocycles. The lowest BCUT2D eigenvalue weighted by atomic mass is 9.84. The van der Waals surface area contributed by atoms with Crippen LogP contribution in [0.5, 0.6) is 0 Å². The Morgan fingerprint density at radius 2 is 2.11 bits per heavy atom.